The summed E-state index contributed by atoms with van der Waals surface area (Å²) >= 11 is 3.52. The Morgan fingerprint density at radius 2 is 2.10 bits per heavy atom. The fourth-order valence-electron chi connectivity index (χ4n) is 3.29. The number of H-pyrrole nitrogens is 1. The lowest BCUT2D eigenvalue weighted by Crippen LogP contribution is -2.24. The SMILES string of the molecule is O=c1[nH]c2cnc3ccc(Br)cc3c2n1C1CC[CH]CC1. The van der Waals surface area contributed by atoms with Crippen LogP contribution in [-0.2, 0) is 0 Å². The Labute approximate surface area is 130 Å². The smallest absolute Gasteiger partial charge is 0.304 e. The Bertz CT molecular complexity index is 874. The fourth-order valence-corrected chi connectivity index (χ4v) is 3.66. The maximum atomic E-state index is 12.4. The van der Waals surface area contributed by atoms with Crippen LogP contribution in [0.5, 0.6) is 0 Å². The molecular formula is C16H15BrN3O. The highest BCUT2D eigenvalue weighted by molar-refractivity contribution is 9.10. The molecule has 1 aliphatic carbocycles. The summed E-state index contributed by atoms with van der Waals surface area (Å²) in [5, 5.41) is 1.02. The van der Waals surface area contributed by atoms with Crippen LogP contribution in [0.1, 0.15) is 31.7 Å². The zero-order chi connectivity index (χ0) is 14.4. The van der Waals surface area contributed by atoms with E-state index in [4.69, 9.17) is 0 Å². The highest BCUT2D eigenvalue weighted by atomic mass is 79.9. The van der Waals surface area contributed by atoms with Gasteiger partial charge in [-0.25, -0.2) is 4.79 Å². The van der Waals surface area contributed by atoms with Crippen LogP contribution in [0.15, 0.2) is 33.7 Å². The van der Waals surface area contributed by atoms with E-state index in [0.717, 1.165) is 52.1 Å². The first-order valence-electron chi connectivity index (χ1n) is 7.24. The number of aromatic nitrogens is 3. The third kappa shape index (κ3) is 2.11. The van der Waals surface area contributed by atoms with Crippen molar-refractivity contribution in [1.29, 1.82) is 0 Å². The summed E-state index contributed by atoms with van der Waals surface area (Å²) in [6.45, 7) is 0. The lowest BCUT2D eigenvalue weighted by atomic mass is 9.95. The van der Waals surface area contributed by atoms with Crippen molar-refractivity contribution in [2.45, 2.75) is 31.7 Å². The van der Waals surface area contributed by atoms with E-state index in [1.807, 2.05) is 22.8 Å². The summed E-state index contributed by atoms with van der Waals surface area (Å²) in [5.74, 6) is 0. The summed E-state index contributed by atoms with van der Waals surface area (Å²) in [7, 11) is 0. The van der Waals surface area contributed by atoms with Crippen molar-refractivity contribution in [2.75, 3.05) is 0 Å². The van der Waals surface area contributed by atoms with Gasteiger partial charge < -0.3 is 4.98 Å². The third-order valence-electron chi connectivity index (χ3n) is 4.28. The molecule has 0 spiro atoms. The molecule has 0 atom stereocenters. The monoisotopic (exact) mass is 344 g/mol. The number of hydrogen-bond acceptors (Lipinski definition) is 2. The Morgan fingerprint density at radius 1 is 1.29 bits per heavy atom. The fraction of sp³-hybridized carbons (Fsp3) is 0.312. The molecule has 1 N–H and O–H groups in total. The van der Waals surface area contributed by atoms with Crippen LogP contribution in [0.25, 0.3) is 21.9 Å². The van der Waals surface area contributed by atoms with Gasteiger partial charge in [-0.05, 0) is 50.3 Å². The second-order valence-corrected chi connectivity index (χ2v) is 6.49. The average Bonchev–Trinajstić information content (AvgIpc) is 2.84. The molecular weight excluding hydrogens is 330 g/mol. The number of imidazole rings is 1. The number of pyridine rings is 1. The van der Waals surface area contributed by atoms with Gasteiger partial charge in [-0.15, -0.1) is 0 Å². The van der Waals surface area contributed by atoms with E-state index in [1.165, 1.54) is 0 Å². The lowest BCUT2D eigenvalue weighted by molar-refractivity contribution is 0.396. The van der Waals surface area contributed by atoms with E-state index in [1.54, 1.807) is 6.20 Å². The van der Waals surface area contributed by atoms with Gasteiger partial charge in [-0.3, -0.25) is 9.55 Å². The van der Waals surface area contributed by atoms with E-state index >= 15 is 0 Å². The topological polar surface area (TPSA) is 50.7 Å². The van der Waals surface area contributed by atoms with Crippen molar-refractivity contribution >= 4 is 37.9 Å². The molecule has 1 aromatic carbocycles. The predicted octanol–water partition coefficient (Wildman–Crippen LogP) is 3.96. The Morgan fingerprint density at radius 3 is 2.90 bits per heavy atom. The summed E-state index contributed by atoms with van der Waals surface area (Å²) < 4.78 is 2.94. The number of rotatable bonds is 1. The van der Waals surface area contributed by atoms with Gasteiger partial charge in [0, 0.05) is 15.9 Å². The Kier molecular flexibility index (Phi) is 3.10. The largest absolute Gasteiger partial charge is 0.326 e. The van der Waals surface area contributed by atoms with Crippen molar-refractivity contribution < 1.29 is 0 Å². The quantitative estimate of drug-likeness (QED) is 0.726. The van der Waals surface area contributed by atoms with Gasteiger partial charge in [0.05, 0.1) is 22.7 Å². The maximum Gasteiger partial charge on any atom is 0.326 e. The lowest BCUT2D eigenvalue weighted by Gasteiger charge is -2.23. The van der Waals surface area contributed by atoms with Crippen molar-refractivity contribution in [1.82, 2.24) is 14.5 Å². The molecule has 5 heteroatoms. The number of benzene rings is 1. The minimum atomic E-state index is -0.0221. The molecule has 2 heterocycles. The normalized spacial score (nSPS) is 16.8. The first kappa shape index (κ1) is 13.1. The summed E-state index contributed by atoms with van der Waals surface area (Å²) in [5.41, 5.74) is 2.70. The molecule has 0 aliphatic heterocycles. The van der Waals surface area contributed by atoms with E-state index in [-0.39, 0.29) is 11.7 Å². The van der Waals surface area contributed by atoms with Gasteiger partial charge in [0.15, 0.2) is 0 Å². The molecule has 4 nitrogen and oxygen atoms in total. The van der Waals surface area contributed by atoms with Gasteiger partial charge >= 0.3 is 5.69 Å². The zero-order valence-corrected chi connectivity index (χ0v) is 13.1. The Balaban J connectivity index is 2.06. The summed E-state index contributed by atoms with van der Waals surface area (Å²) in [6, 6.07) is 6.28. The standard InChI is InChI=1S/C16H15BrN3O/c17-10-6-7-13-12(8-10)15-14(9-18-13)19-16(21)20(15)11-4-2-1-3-5-11/h1,6-9,11H,2-5H2,(H,19,21). The van der Waals surface area contributed by atoms with Gasteiger partial charge in [0.1, 0.15) is 0 Å². The molecule has 1 fully saturated rings. The van der Waals surface area contributed by atoms with Crippen molar-refractivity contribution in [3.05, 3.63) is 45.8 Å². The predicted molar refractivity (Wildman–Crippen MR) is 87.4 cm³/mol. The van der Waals surface area contributed by atoms with Gasteiger partial charge in [-0.1, -0.05) is 15.9 Å². The van der Waals surface area contributed by atoms with Crippen LogP contribution in [0.3, 0.4) is 0 Å². The summed E-state index contributed by atoms with van der Waals surface area (Å²) in [6.07, 6.45) is 8.30. The van der Waals surface area contributed by atoms with Gasteiger partial charge in [0.25, 0.3) is 0 Å². The molecule has 0 unspecified atom stereocenters. The number of halogens is 1. The number of aromatic amines is 1. The van der Waals surface area contributed by atoms with E-state index < -0.39 is 0 Å². The van der Waals surface area contributed by atoms with Crippen LogP contribution < -0.4 is 5.69 Å². The molecule has 1 saturated carbocycles. The zero-order valence-electron chi connectivity index (χ0n) is 11.5. The van der Waals surface area contributed by atoms with Gasteiger partial charge in [0.2, 0.25) is 0 Å². The number of fused-ring (bicyclic) bond motifs is 3. The van der Waals surface area contributed by atoms with Crippen LogP contribution in [0.2, 0.25) is 0 Å². The van der Waals surface area contributed by atoms with Crippen LogP contribution in [0.4, 0.5) is 0 Å². The summed E-state index contributed by atoms with van der Waals surface area (Å²) in [4.78, 5) is 19.8. The second-order valence-electron chi connectivity index (χ2n) is 5.58. The molecule has 2 aromatic heterocycles. The molecule has 21 heavy (non-hydrogen) atoms. The van der Waals surface area contributed by atoms with E-state index in [0.29, 0.717) is 0 Å². The van der Waals surface area contributed by atoms with Gasteiger partial charge in [-0.2, -0.15) is 0 Å². The highest BCUT2D eigenvalue weighted by Gasteiger charge is 2.21. The third-order valence-corrected chi connectivity index (χ3v) is 4.77. The minimum absolute atomic E-state index is 0.0221. The number of nitrogens with zero attached hydrogens (tertiary/aromatic N) is 2. The minimum Gasteiger partial charge on any atom is -0.304 e. The van der Waals surface area contributed by atoms with Crippen LogP contribution in [-0.4, -0.2) is 14.5 Å². The number of hydrogen-bond donors (Lipinski definition) is 1. The second kappa shape index (κ2) is 4.98. The van der Waals surface area contributed by atoms with Crippen LogP contribution in [0, 0.1) is 6.42 Å². The van der Waals surface area contributed by atoms with Crippen molar-refractivity contribution in [2.24, 2.45) is 0 Å². The molecule has 3 aromatic rings. The average molecular weight is 345 g/mol. The van der Waals surface area contributed by atoms with E-state index in [9.17, 15) is 4.79 Å². The first-order valence-corrected chi connectivity index (χ1v) is 8.03. The number of nitrogens with one attached hydrogen (secondary N) is 1. The van der Waals surface area contributed by atoms with Crippen LogP contribution >= 0.6 is 15.9 Å². The molecule has 0 saturated heterocycles. The molecule has 4 rings (SSSR count). The van der Waals surface area contributed by atoms with E-state index in [2.05, 4.69) is 32.3 Å². The molecule has 0 bridgehead atoms. The Hall–Kier alpha value is -1.62. The maximum absolute atomic E-state index is 12.4. The molecule has 0 amide bonds. The molecule has 1 radical (unpaired) electrons. The highest BCUT2D eigenvalue weighted by Crippen LogP contribution is 2.32. The van der Waals surface area contributed by atoms with Crippen molar-refractivity contribution in [3.63, 3.8) is 0 Å². The first-order chi connectivity index (χ1) is 10.2. The van der Waals surface area contributed by atoms with Crippen molar-refractivity contribution in [3.8, 4) is 0 Å². The molecule has 107 valence electrons. The molecule has 1 aliphatic rings.